The maximum Gasteiger partial charge on any atom is 0.328 e. The Labute approximate surface area is 151 Å². The molecule has 26 heavy (non-hydrogen) atoms. The predicted molar refractivity (Wildman–Crippen MR) is 101 cm³/mol. The van der Waals surface area contributed by atoms with E-state index in [9.17, 15) is 9.59 Å². The largest absolute Gasteiger partial charge is 0.352 e. The monoisotopic (exact) mass is 350 g/mol. The summed E-state index contributed by atoms with van der Waals surface area (Å²) in [4.78, 5) is 24.6. The van der Waals surface area contributed by atoms with Crippen LogP contribution in [-0.4, -0.2) is 15.0 Å². The first-order valence-electron chi connectivity index (χ1n) is 8.86. The van der Waals surface area contributed by atoms with Crippen LogP contribution in [0.4, 0.5) is 0 Å². The molecule has 1 amide bonds. The van der Waals surface area contributed by atoms with Crippen LogP contribution in [0, 0.1) is 0 Å². The zero-order valence-electron chi connectivity index (χ0n) is 14.8. The second kappa shape index (κ2) is 6.80. The third-order valence-corrected chi connectivity index (χ3v) is 5.01. The predicted octanol–water partition coefficient (Wildman–Crippen LogP) is 1.65. The summed E-state index contributed by atoms with van der Waals surface area (Å²) in [6.07, 6.45) is 0.278. The van der Waals surface area contributed by atoms with Gasteiger partial charge < -0.3 is 10.6 Å². The Balaban J connectivity index is 1.39. The summed E-state index contributed by atoms with van der Waals surface area (Å²) >= 11 is 0. The summed E-state index contributed by atoms with van der Waals surface area (Å²) in [5, 5.41) is 6.27. The van der Waals surface area contributed by atoms with Crippen molar-refractivity contribution in [3.05, 3.63) is 69.6 Å². The number of hydrogen-bond acceptors (Lipinski definition) is 3. The average molecular weight is 350 g/mol. The van der Waals surface area contributed by atoms with E-state index in [2.05, 4.69) is 28.8 Å². The van der Waals surface area contributed by atoms with E-state index in [4.69, 9.17) is 0 Å². The zero-order valence-corrected chi connectivity index (χ0v) is 14.8. The van der Waals surface area contributed by atoms with Crippen LogP contribution in [0.2, 0.25) is 0 Å². The molecule has 6 heteroatoms. The summed E-state index contributed by atoms with van der Waals surface area (Å²) in [6.45, 7) is 2.69. The first-order chi connectivity index (χ1) is 12.6. The molecule has 0 fully saturated rings. The van der Waals surface area contributed by atoms with Gasteiger partial charge in [-0.2, -0.15) is 0 Å². The summed E-state index contributed by atoms with van der Waals surface area (Å²) < 4.78 is 3.28. The van der Waals surface area contributed by atoms with Gasteiger partial charge in [0.2, 0.25) is 5.91 Å². The van der Waals surface area contributed by atoms with Crippen molar-refractivity contribution in [3.8, 4) is 0 Å². The first kappa shape index (κ1) is 16.6. The van der Waals surface area contributed by atoms with Crippen molar-refractivity contribution in [1.29, 1.82) is 0 Å². The molecule has 0 bridgehead atoms. The number of fused-ring (bicyclic) bond motifs is 2. The number of carbonyl (C=O) groups is 1. The van der Waals surface area contributed by atoms with E-state index in [1.54, 1.807) is 16.2 Å². The second-order valence-corrected chi connectivity index (χ2v) is 6.72. The normalized spacial score (nSPS) is 13.1. The molecule has 0 atom stereocenters. The lowest BCUT2D eigenvalue weighted by molar-refractivity contribution is -0.121. The van der Waals surface area contributed by atoms with Crippen molar-refractivity contribution in [2.75, 3.05) is 0 Å². The Hall–Kier alpha value is -2.86. The highest BCUT2D eigenvalue weighted by Crippen LogP contribution is 2.17. The molecule has 0 radical (unpaired) electrons. The van der Waals surface area contributed by atoms with Gasteiger partial charge in [0.05, 0.1) is 11.0 Å². The number of aryl methyl sites for hydroxylation is 2. The van der Waals surface area contributed by atoms with Gasteiger partial charge in [-0.15, -0.1) is 0 Å². The molecule has 1 aliphatic heterocycles. The molecule has 3 aromatic rings. The van der Waals surface area contributed by atoms with Gasteiger partial charge in [0, 0.05) is 39.6 Å². The number of para-hydroxylation sites is 2. The fourth-order valence-corrected chi connectivity index (χ4v) is 3.54. The molecule has 4 rings (SSSR count). The van der Waals surface area contributed by atoms with Gasteiger partial charge in [-0.05, 0) is 28.8 Å². The topological polar surface area (TPSA) is 68.1 Å². The number of rotatable bonds is 5. The van der Waals surface area contributed by atoms with Crippen molar-refractivity contribution in [2.24, 2.45) is 7.05 Å². The van der Waals surface area contributed by atoms with Crippen LogP contribution in [0.3, 0.4) is 0 Å². The van der Waals surface area contributed by atoms with E-state index in [0.29, 0.717) is 13.1 Å². The Bertz CT molecular complexity index is 1030. The minimum Gasteiger partial charge on any atom is -0.352 e. The molecule has 0 spiro atoms. The number of hydrogen-bond donors (Lipinski definition) is 2. The number of carbonyl (C=O) groups excluding carboxylic acids is 1. The average Bonchev–Trinajstić information content (AvgIpc) is 3.22. The molecule has 134 valence electrons. The van der Waals surface area contributed by atoms with Gasteiger partial charge in [0.25, 0.3) is 0 Å². The summed E-state index contributed by atoms with van der Waals surface area (Å²) in [7, 11) is 1.75. The number of benzene rings is 2. The molecular formula is C20H22N4O2. The van der Waals surface area contributed by atoms with Crippen molar-refractivity contribution >= 4 is 16.9 Å². The van der Waals surface area contributed by atoms with E-state index >= 15 is 0 Å². The van der Waals surface area contributed by atoms with Gasteiger partial charge in [-0.3, -0.25) is 13.9 Å². The lowest BCUT2D eigenvalue weighted by Crippen LogP contribution is -2.27. The summed E-state index contributed by atoms with van der Waals surface area (Å²) in [5.41, 5.74) is 5.38. The van der Waals surface area contributed by atoms with Crippen LogP contribution >= 0.6 is 0 Å². The molecule has 0 aliphatic carbocycles. The zero-order chi connectivity index (χ0) is 18.1. The molecule has 0 saturated heterocycles. The van der Waals surface area contributed by atoms with Crippen molar-refractivity contribution in [2.45, 2.75) is 32.6 Å². The molecule has 0 unspecified atom stereocenters. The molecule has 1 aliphatic rings. The first-order valence-corrected chi connectivity index (χ1v) is 8.86. The van der Waals surface area contributed by atoms with Gasteiger partial charge in [0.1, 0.15) is 0 Å². The Morgan fingerprint density at radius 3 is 2.73 bits per heavy atom. The summed E-state index contributed by atoms with van der Waals surface area (Å²) in [5.74, 6) is -0.0524. The van der Waals surface area contributed by atoms with Gasteiger partial charge in [-0.25, -0.2) is 4.79 Å². The van der Waals surface area contributed by atoms with Gasteiger partial charge in [-0.1, -0.05) is 30.3 Å². The Morgan fingerprint density at radius 2 is 1.88 bits per heavy atom. The standard InChI is InChI=1S/C20H22N4O2/c1-23-17-4-2-3-5-18(17)24(20(23)26)9-8-19(25)22-11-14-6-7-15-12-21-13-16(15)10-14/h2-7,10,21H,8-9,11-13H2,1H3,(H,22,25). The minimum atomic E-state index is -0.0925. The molecule has 2 heterocycles. The van der Waals surface area contributed by atoms with Crippen molar-refractivity contribution < 1.29 is 4.79 Å². The van der Waals surface area contributed by atoms with Crippen LogP contribution < -0.4 is 16.3 Å². The van der Waals surface area contributed by atoms with Crippen LogP contribution in [0.1, 0.15) is 23.1 Å². The fourth-order valence-electron chi connectivity index (χ4n) is 3.54. The molecule has 1 aromatic heterocycles. The smallest absolute Gasteiger partial charge is 0.328 e. The lowest BCUT2D eigenvalue weighted by Gasteiger charge is -2.08. The van der Waals surface area contributed by atoms with Crippen LogP contribution in [0.15, 0.2) is 47.3 Å². The minimum absolute atomic E-state index is 0.0524. The third kappa shape index (κ3) is 3.04. The SMILES string of the molecule is Cn1c(=O)n(CCC(=O)NCc2ccc3c(c2)CNC3)c2ccccc21. The van der Waals surface area contributed by atoms with E-state index in [1.165, 1.54) is 11.1 Å². The van der Waals surface area contributed by atoms with E-state index < -0.39 is 0 Å². The number of amides is 1. The number of imidazole rings is 1. The third-order valence-electron chi connectivity index (χ3n) is 5.01. The van der Waals surface area contributed by atoms with Gasteiger partial charge in [0.15, 0.2) is 0 Å². The van der Waals surface area contributed by atoms with Crippen LogP contribution in [0.25, 0.3) is 11.0 Å². The van der Waals surface area contributed by atoms with Crippen LogP contribution in [0.5, 0.6) is 0 Å². The number of nitrogens with zero attached hydrogens (tertiary/aromatic N) is 2. The van der Waals surface area contributed by atoms with Crippen LogP contribution in [-0.2, 0) is 38.0 Å². The highest BCUT2D eigenvalue weighted by molar-refractivity contribution is 5.77. The lowest BCUT2D eigenvalue weighted by atomic mass is 10.1. The van der Waals surface area contributed by atoms with Crippen molar-refractivity contribution in [1.82, 2.24) is 19.8 Å². The molecule has 2 N–H and O–H groups in total. The molecule has 6 nitrogen and oxygen atoms in total. The number of aromatic nitrogens is 2. The fraction of sp³-hybridized carbons (Fsp3) is 0.300. The van der Waals surface area contributed by atoms with E-state index in [-0.39, 0.29) is 18.0 Å². The Kier molecular flexibility index (Phi) is 4.34. The Morgan fingerprint density at radius 1 is 1.12 bits per heavy atom. The maximum absolute atomic E-state index is 12.4. The van der Waals surface area contributed by atoms with E-state index in [0.717, 1.165) is 29.7 Å². The quantitative estimate of drug-likeness (QED) is 0.735. The molecular weight excluding hydrogens is 328 g/mol. The number of nitrogens with one attached hydrogen (secondary N) is 2. The highest BCUT2D eigenvalue weighted by Gasteiger charge is 2.12. The second-order valence-electron chi connectivity index (χ2n) is 6.72. The highest BCUT2D eigenvalue weighted by atomic mass is 16.2. The van der Waals surface area contributed by atoms with Gasteiger partial charge >= 0.3 is 5.69 Å². The maximum atomic E-state index is 12.4. The van der Waals surface area contributed by atoms with Crippen molar-refractivity contribution in [3.63, 3.8) is 0 Å². The molecule has 2 aromatic carbocycles. The van der Waals surface area contributed by atoms with E-state index in [1.807, 2.05) is 24.3 Å². The summed E-state index contributed by atoms with van der Waals surface area (Å²) in [6, 6.07) is 14.0. The molecule has 0 saturated carbocycles.